The number of halogens is 3. The lowest BCUT2D eigenvalue weighted by Gasteiger charge is -2.18. The Morgan fingerprint density at radius 3 is 2.45 bits per heavy atom. The second-order valence-electron chi connectivity index (χ2n) is 6.69. The van der Waals surface area contributed by atoms with E-state index in [0.29, 0.717) is 28.6 Å². The summed E-state index contributed by atoms with van der Waals surface area (Å²) in [5.74, 6) is 0.603. The van der Waals surface area contributed by atoms with Crippen molar-refractivity contribution >= 4 is 44.8 Å². The molecule has 0 aliphatic heterocycles. The largest absolute Gasteiger partial charge is 0.493 e. The SMILES string of the molecule is COc1ccc(Br)c(CNc2ccc(NC(C)=O)cc2)c1OCc1ccc(F)cc1Cl. The van der Waals surface area contributed by atoms with Crippen LogP contribution in [0.15, 0.2) is 59.1 Å². The smallest absolute Gasteiger partial charge is 0.221 e. The van der Waals surface area contributed by atoms with Gasteiger partial charge in [0, 0.05) is 40.4 Å². The van der Waals surface area contributed by atoms with Gasteiger partial charge in [-0.3, -0.25) is 4.79 Å². The highest BCUT2D eigenvalue weighted by Crippen LogP contribution is 2.37. The number of carbonyl (C=O) groups excluding carboxylic acids is 1. The molecular formula is C23H21BrClFN2O3. The fourth-order valence-electron chi connectivity index (χ4n) is 2.92. The molecule has 0 radical (unpaired) electrons. The summed E-state index contributed by atoms with van der Waals surface area (Å²) in [6.45, 7) is 2.07. The van der Waals surface area contributed by atoms with Crippen LogP contribution in [0.1, 0.15) is 18.1 Å². The van der Waals surface area contributed by atoms with Crippen LogP contribution in [-0.2, 0) is 17.9 Å². The van der Waals surface area contributed by atoms with Crippen molar-refractivity contribution in [3.63, 3.8) is 0 Å². The Kier molecular flexibility index (Phi) is 7.76. The van der Waals surface area contributed by atoms with Crippen LogP contribution in [0.25, 0.3) is 0 Å². The van der Waals surface area contributed by atoms with Gasteiger partial charge < -0.3 is 20.1 Å². The van der Waals surface area contributed by atoms with E-state index in [1.165, 1.54) is 19.1 Å². The quantitative estimate of drug-likeness (QED) is 0.370. The summed E-state index contributed by atoms with van der Waals surface area (Å²) in [6, 6.07) is 15.3. The highest BCUT2D eigenvalue weighted by Gasteiger charge is 2.16. The number of nitrogens with one attached hydrogen (secondary N) is 2. The number of rotatable bonds is 8. The third-order valence-corrected chi connectivity index (χ3v) is 5.54. The van der Waals surface area contributed by atoms with E-state index >= 15 is 0 Å². The number of amides is 1. The molecule has 0 atom stereocenters. The van der Waals surface area contributed by atoms with Crippen molar-refractivity contribution in [3.8, 4) is 11.5 Å². The third-order valence-electron chi connectivity index (χ3n) is 4.45. The molecule has 5 nitrogen and oxygen atoms in total. The molecule has 0 unspecified atom stereocenters. The molecule has 0 saturated heterocycles. The maximum Gasteiger partial charge on any atom is 0.221 e. The molecule has 3 aromatic carbocycles. The lowest BCUT2D eigenvalue weighted by atomic mass is 10.1. The number of methoxy groups -OCH3 is 1. The summed E-state index contributed by atoms with van der Waals surface area (Å²) in [6.07, 6.45) is 0. The van der Waals surface area contributed by atoms with Crippen LogP contribution in [0.3, 0.4) is 0 Å². The van der Waals surface area contributed by atoms with E-state index in [-0.39, 0.29) is 12.5 Å². The molecule has 0 fully saturated rings. The van der Waals surface area contributed by atoms with E-state index in [1.54, 1.807) is 19.2 Å². The zero-order chi connectivity index (χ0) is 22.4. The Hall–Kier alpha value is -2.77. The van der Waals surface area contributed by atoms with E-state index in [0.717, 1.165) is 21.4 Å². The van der Waals surface area contributed by atoms with E-state index in [4.69, 9.17) is 21.1 Å². The molecule has 0 aliphatic rings. The Labute approximate surface area is 193 Å². The minimum absolute atomic E-state index is 0.121. The van der Waals surface area contributed by atoms with Crippen molar-refractivity contribution in [2.24, 2.45) is 0 Å². The molecule has 162 valence electrons. The minimum Gasteiger partial charge on any atom is -0.493 e. The molecule has 0 aliphatic carbocycles. The number of ether oxygens (including phenoxy) is 2. The van der Waals surface area contributed by atoms with Crippen LogP contribution < -0.4 is 20.1 Å². The van der Waals surface area contributed by atoms with Crippen molar-refractivity contribution in [2.45, 2.75) is 20.1 Å². The topological polar surface area (TPSA) is 59.6 Å². The summed E-state index contributed by atoms with van der Waals surface area (Å²) in [5.41, 5.74) is 3.11. The van der Waals surface area contributed by atoms with Gasteiger partial charge in [0.2, 0.25) is 5.91 Å². The van der Waals surface area contributed by atoms with E-state index in [9.17, 15) is 9.18 Å². The first kappa shape index (κ1) is 22.9. The van der Waals surface area contributed by atoms with Gasteiger partial charge in [0.25, 0.3) is 0 Å². The number of hydrogen-bond donors (Lipinski definition) is 2. The van der Waals surface area contributed by atoms with Crippen LogP contribution in [0.2, 0.25) is 5.02 Å². The first-order valence-electron chi connectivity index (χ1n) is 9.41. The fraction of sp³-hybridized carbons (Fsp3) is 0.174. The van der Waals surface area contributed by atoms with Gasteiger partial charge in [0.05, 0.1) is 12.1 Å². The van der Waals surface area contributed by atoms with Crippen molar-refractivity contribution < 1.29 is 18.7 Å². The number of hydrogen-bond acceptors (Lipinski definition) is 4. The molecule has 31 heavy (non-hydrogen) atoms. The Balaban J connectivity index is 1.78. The van der Waals surface area contributed by atoms with E-state index in [1.807, 2.05) is 30.3 Å². The highest BCUT2D eigenvalue weighted by atomic mass is 79.9. The van der Waals surface area contributed by atoms with Crippen LogP contribution in [-0.4, -0.2) is 13.0 Å². The molecule has 1 amide bonds. The molecule has 3 rings (SSSR count). The molecular weight excluding hydrogens is 487 g/mol. The van der Waals surface area contributed by atoms with Crippen molar-refractivity contribution in [3.05, 3.63) is 81.0 Å². The Morgan fingerprint density at radius 2 is 1.81 bits per heavy atom. The maximum atomic E-state index is 13.3. The lowest BCUT2D eigenvalue weighted by molar-refractivity contribution is -0.114. The summed E-state index contributed by atoms with van der Waals surface area (Å²) >= 11 is 9.70. The number of benzene rings is 3. The van der Waals surface area contributed by atoms with Gasteiger partial charge in [0.1, 0.15) is 12.4 Å². The molecule has 0 saturated carbocycles. The first-order chi connectivity index (χ1) is 14.9. The predicted molar refractivity (Wildman–Crippen MR) is 125 cm³/mol. The molecule has 0 spiro atoms. The molecule has 8 heteroatoms. The van der Waals surface area contributed by atoms with Gasteiger partial charge in [-0.1, -0.05) is 33.6 Å². The van der Waals surface area contributed by atoms with Gasteiger partial charge in [-0.2, -0.15) is 0 Å². The van der Waals surface area contributed by atoms with Crippen molar-refractivity contribution in [2.75, 3.05) is 17.7 Å². The summed E-state index contributed by atoms with van der Waals surface area (Å²) in [5, 5.41) is 6.37. The molecule has 0 heterocycles. The van der Waals surface area contributed by atoms with Gasteiger partial charge >= 0.3 is 0 Å². The zero-order valence-electron chi connectivity index (χ0n) is 17.0. The highest BCUT2D eigenvalue weighted by molar-refractivity contribution is 9.10. The van der Waals surface area contributed by atoms with Crippen LogP contribution in [0.4, 0.5) is 15.8 Å². The van der Waals surface area contributed by atoms with E-state index in [2.05, 4.69) is 26.6 Å². The second-order valence-corrected chi connectivity index (χ2v) is 7.96. The Morgan fingerprint density at radius 1 is 1.10 bits per heavy atom. The summed E-state index contributed by atoms with van der Waals surface area (Å²) in [7, 11) is 1.57. The van der Waals surface area contributed by atoms with Crippen LogP contribution >= 0.6 is 27.5 Å². The molecule has 0 bridgehead atoms. The first-order valence-corrected chi connectivity index (χ1v) is 10.6. The zero-order valence-corrected chi connectivity index (χ0v) is 19.3. The molecule has 0 aromatic heterocycles. The Bertz CT molecular complexity index is 1080. The average molecular weight is 508 g/mol. The van der Waals surface area contributed by atoms with Gasteiger partial charge in [0.15, 0.2) is 11.5 Å². The average Bonchev–Trinajstić information content (AvgIpc) is 2.73. The second kappa shape index (κ2) is 10.5. The third kappa shape index (κ3) is 6.12. The molecule has 2 N–H and O–H groups in total. The van der Waals surface area contributed by atoms with E-state index < -0.39 is 5.82 Å². The molecule has 3 aromatic rings. The normalized spacial score (nSPS) is 10.5. The predicted octanol–water partition coefficient (Wildman–Crippen LogP) is 6.40. The summed E-state index contributed by atoms with van der Waals surface area (Å²) < 4.78 is 25.7. The fourth-order valence-corrected chi connectivity index (χ4v) is 3.59. The number of anilines is 2. The minimum atomic E-state index is -0.400. The van der Waals surface area contributed by atoms with Crippen molar-refractivity contribution in [1.29, 1.82) is 0 Å². The van der Waals surface area contributed by atoms with Gasteiger partial charge in [-0.25, -0.2) is 4.39 Å². The van der Waals surface area contributed by atoms with Crippen LogP contribution in [0.5, 0.6) is 11.5 Å². The standard InChI is InChI=1S/C23H21BrClFN2O3/c1-14(29)28-18-7-5-17(6-8-18)27-12-19-20(24)9-10-22(30-2)23(19)31-13-15-3-4-16(26)11-21(15)25/h3-11,27H,12-13H2,1-2H3,(H,28,29). The lowest BCUT2D eigenvalue weighted by Crippen LogP contribution is -2.07. The maximum absolute atomic E-state index is 13.3. The summed E-state index contributed by atoms with van der Waals surface area (Å²) in [4.78, 5) is 11.2. The van der Waals surface area contributed by atoms with Crippen LogP contribution in [0, 0.1) is 5.82 Å². The van der Waals surface area contributed by atoms with Crippen molar-refractivity contribution in [1.82, 2.24) is 0 Å². The number of carbonyl (C=O) groups is 1. The van der Waals surface area contributed by atoms with Gasteiger partial charge in [-0.15, -0.1) is 0 Å². The monoisotopic (exact) mass is 506 g/mol. The van der Waals surface area contributed by atoms with Gasteiger partial charge in [-0.05, 0) is 48.5 Å².